The largest absolute Gasteiger partial charge is 0.313 e. The van der Waals surface area contributed by atoms with Crippen molar-refractivity contribution in [3.63, 3.8) is 0 Å². The first-order valence-electron chi connectivity index (χ1n) is 3.99. The maximum atomic E-state index is 3.36. The summed E-state index contributed by atoms with van der Waals surface area (Å²) in [5, 5.41) is 6.72. The lowest BCUT2D eigenvalue weighted by molar-refractivity contribution is 0.118. The van der Waals surface area contributed by atoms with Gasteiger partial charge in [-0.1, -0.05) is 0 Å². The molecule has 2 aliphatic heterocycles. The fraction of sp³-hybridized carbons (Fsp3) is 0.857. The Hall–Kier alpha value is -0.120. The van der Waals surface area contributed by atoms with Gasteiger partial charge in [-0.2, -0.15) is 0 Å². The third-order valence-electron chi connectivity index (χ3n) is 2.23. The number of fused-ring (bicyclic) bond motifs is 1. The van der Waals surface area contributed by atoms with Crippen molar-refractivity contribution in [1.82, 2.24) is 15.5 Å². The van der Waals surface area contributed by atoms with Crippen LogP contribution in [0.2, 0.25) is 0 Å². The van der Waals surface area contributed by atoms with Crippen LogP contribution in [0.25, 0.3) is 0 Å². The molecular weight excluding hydrogens is 126 g/mol. The van der Waals surface area contributed by atoms with Gasteiger partial charge in [-0.3, -0.25) is 10.2 Å². The standard InChI is InChI=1S/C7H14N3/c1-2-9-7-6-8-3-5-10(7)4-1/h2,7-9H,1,3-6H2. The third kappa shape index (κ3) is 1.17. The van der Waals surface area contributed by atoms with E-state index in [1.165, 1.54) is 19.5 Å². The summed E-state index contributed by atoms with van der Waals surface area (Å²) >= 11 is 0. The first-order valence-corrected chi connectivity index (χ1v) is 3.99. The van der Waals surface area contributed by atoms with E-state index in [1.807, 2.05) is 0 Å². The van der Waals surface area contributed by atoms with E-state index in [2.05, 4.69) is 22.1 Å². The smallest absolute Gasteiger partial charge is 0.0728 e. The summed E-state index contributed by atoms with van der Waals surface area (Å²) in [6.45, 7) is 6.85. The molecular formula is C7H14N3. The summed E-state index contributed by atoms with van der Waals surface area (Å²) in [4.78, 5) is 2.50. The van der Waals surface area contributed by atoms with E-state index in [9.17, 15) is 0 Å². The predicted octanol–water partition coefficient (Wildman–Crippen LogP) is -0.627. The van der Waals surface area contributed by atoms with Gasteiger partial charge in [-0.05, 0) is 6.42 Å². The van der Waals surface area contributed by atoms with Crippen molar-refractivity contribution in [3.8, 4) is 0 Å². The van der Waals surface area contributed by atoms with Crippen molar-refractivity contribution in [2.24, 2.45) is 0 Å². The predicted molar refractivity (Wildman–Crippen MR) is 40.3 cm³/mol. The highest BCUT2D eigenvalue weighted by Crippen LogP contribution is 2.07. The first kappa shape index (κ1) is 6.58. The molecule has 1 radical (unpaired) electrons. The molecule has 2 aliphatic rings. The monoisotopic (exact) mass is 140 g/mol. The van der Waals surface area contributed by atoms with Gasteiger partial charge in [0.05, 0.1) is 6.17 Å². The molecule has 3 nitrogen and oxygen atoms in total. The van der Waals surface area contributed by atoms with Crippen molar-refractivity contribution in [2.45, 2.75) is 12.6 Å². The Morgan fingerprint density at radius 3 is 3.30 bits per heavy atom. The number of piperazine rings is 1. The summed E-state index contributed by atoms with van der Waals surface area (Å²) in [6, 6.07) is 0. The number of rotatable bonds is 0. The molecule has 2 rings (SSSR count). The van der Waals surface area contributed by atoms with Gasteiger partial charge in [0.1, 0.15) is 0 Å². The van der Waals surface area contributed by atoms with E-state index < -0.39 is 0 Å². The Labute approximate surface area is 61.8 Å². The average Bonchev–Trinajstić information content (AvgIpc) is 2.05. The fourth-order valence-corrected chi connectivity index (χ4v) is 1.63. The zero-order valence-corrected chi connectivity index (χ0v) is 6.14. The van der Waals surface area contributed by atoms with Gasteiger partial charge in [-0.25, -0.2) is 0 Å². The second-order valence-electron chi connectivity index (χ2n) is 2.92. The molecule has 3 heteroatoms. The lowest BCUT2D eigenvalue weighted by Gasteiger charge is -2.39. The number of hydrogen-bond acceptors (Lipinski definition) is 3. The fourth-order valence-electron chi connectivity index (χ4n) is 1.63. The highest BCUT2D eigenvalue weighted by molar-refractivity contribution is 4.85. The van der Waals surface area contributed by atoms with Crippen LogP contribution in [-0.2, 0) is 0 Å². The second kappa shape index (κ2) is 2.86. The molecule has 0 saturated carbocycles. The van der Waals surface area contributed by atoms with E-state index in [0.717, 1.165) is 13.1 Å². The molecule has 1 atom stereocenters. The van der Waals surface area contributed by atoms with Crippen molar-refractivity contribution in [2.75, 3.05) is 26.2 Å². The van der Waals surface area contributed by atoms with Gasteiger partial charge in [0, 0.05) is 32.7 Å². The summed E-state index contributed by atoms with van der Waals surface area (Å²) in [5.74, 6) is 0. The molecule has 2 N–H and O–H groups in total. The van der Waals surface area contributed by atoms with Crippen molar-refractivity contribution in [3.05, 3.63) is 6.54 Å². The first-order chi connectivity index (χ1) is 4.97. The Kier molecular flexibility index (Phi) is 1.88. The van der Waals surface area contributed by atoms with Crippen molar-refractivity contribution in [1.29, 1.82) is 0 Å². The van der Waals surface area contributed by atoms with Crippen LogP contribution in [0.4, 0.5) is 0 Å². The Morgan fingerprint density at radius 2 is 2.40 bits per heavy atom. The van der Waals surface area contributed by atoms with Gasteiger partial charge in [0.2, 0.25) is 0 Å². The van der Waals surface area contributed by atoms with E-state index >= 15 is 0 Å². The second-order valence-corrected chi connectivity index (χ2v) is 2.92. The van der Waals surface area contributed by atoms with Gasteiger partial charge in [0.25, 0.3) is 0 Å². The zero-order chi connectivity index (χ0) is 6.81. The number of hydrogen-bond donors (Lipinski definition) is 2. The molecule has 10 heavy (non-hydrogen) atoms. The quantitative estimate of drug-likeness (QED) is 0.469. The molecule has 0 aromatic heterocycles. The minimum atomic E-state index is 0.572. The summed E-state index contributed by atoms with van der Waals surface area (Å²) < 4.78 is 0. The molecule has 2 fully saturated rings. The van der Waals surface area contributed by atoms with E-state index in [1.54, 1.807) is 0 Å². The minimum absolute atomic E-state index is 0.572. The molecule has 1 unspecified atom stereocenters. The summed E-state index contributed by atoms with van der Waals surface area (Å²) in [6.07, 6.45) is 1.76. The Morgan fingerprint density at radius 1 is 1.40 bits per heavy atom. The minimum Gasteiger partial charge on any atom is -0.313 e. The Bertz CT molecular complexity index is 89.4. The van der Waals surface area contributed by atoms with Gasteiger partial charge in [0.15, 0.2) is 0 Å². The number of nitrogens with one attached hydrogen (secondary N) is 2. The van der Waals surface area contributed by atoms with Crippen LogP contribution in [0.1, 0.15) is 6.42 Å². The molecule has 2 saturated heterocycles. The summed E-state index contributed by atoms with van der Waals surface area (Å²) in [7, 11) is 0. The van der Waals surface area contributed by atoms with Gasteiger partial charge in [-0.15, -0.1) is 0 Å². The van der Waals surface area contributed by atoms with Crippen LogP contribution in [0.15, 0.2) is 0 Å². The van der Waals surface area contributed by atoms with Crippen LogP contribution in [0.3, 0.4) is 0 Å². The van der Waals surface area contributed by atoms with Crippen LogP contribution >= 0.6 is 0 Å². The SMILES string of the molecule is [CH]1CCN2CCNCC2N1. The van der Waals surface area contributed by atoms with E-state index in [4.69, 9.17) is 0 Å². The van der Waals surface area contributed by atoms with Crippen molar-refractivity contribution >= 4 is 0 Å². The molecule has 0 aliphatic carbocycles. The van der Waals surface area contributed by atoms with Gasteiger partial charge < -0.3 is 5.32 Å². The number of nitrogens with zero attached hydrogens (tertiary/aromatic N) is 1. The van der Waals surface area contributed by atoms with Crippen LogP contribution < -0.4 is 10.6 Å². The zero-order valence-electron chi connectivity index (χ0n) is 6.14. The molecule has 57 valence electrons. The van der Waals surface area contributed by atoms with E-state index in [-0.39, 0.29) is 0 Å². The normalized spacial score (nSPS) is 35.4. The van der Waals surface area contributed by atoms with Crippen LogP contribution in [-0.4, -0.2) is 37.2 Å². The van der Waals surface area contributed by atoms with Crippen LogP contribution in [0.5, 0.6) is 0 Å². The molecule has 0 spiro atoms. The lowest BCUT2D eigenvalue weighted by atomic mass is 10.2. The molecule has 0 bridgehead atoms. The molecule has 0 amide bonds. The maximum absolute atomic E-state index is 3.36. The Balaban J connectivity index is 1.93. The molecule has 0 aromatic carbocycles. The van der Waals surface area contributed by atoms with Crippen LogP contribution in [0, 0.1) is 6.54 Å². The maximum Gasteiger partial charge on any atom is 0.0728 e. The van der Waals surface area contributed by atoms with E-state index in [0.29, 0.717) is 6.17 Å². The average molecular weight is 140 g/mol. The highest BCUT2D eigenvalue weighted by Gasteiger charge is 2.23. The summed E-state index contributed by atoms with van der Waals surface area (Å²) in [5.41, 5.74) is 0. The molecule has 0 aromatic rings. The van der Waals surface area contributed by atoms with Gasteiger partial charge >= 0.3 is 0 Å². The topological polar surface area (TPSA) is 27.3 Å². The molecule has 2 heterocycles. The van der Waals surface area contributed by atoms with Crippen molar-refractivity contribution < 1.29 is 0 Å². The third-order valence-corrected chi connectivity index (χ3v) is 2.23. The lowest BCUT2D eigenvalue weighted by Crippen LogP contribution is -2.59. The highest BCUT2D eigenvalue weighted by atomic mass is 15.3.